The zero-order valence-electron chi connectivity index (χ0n) is 10.7. The van der Waals surface area contributed by atoms with E-state index in [1.54, 1.807) is 0 Å². The molecule has 0 N–H and O–H groups in total. The van der Waals surface area contributed by atoms with Crippen molar-refractivity contribution >= 4 is 5.69 Å². The van der Waals surface area contributed by atoms with Gasteiger partial charge in [0.2, 0.25) is 0 Å². The van der Waals surface area contributed by atoms with Crippen LogP contribution in [0.25, 0.3) is 0 Å². The fourth-order valence-electron chi connectivity index (χ4n) is 1.61. The molecular formula is C13H23N3. The Morgan fingerprint density at radius 2 is 1.81 bits per heavy atom. The van der Waals surface area contributed by atoms with E-state index in [4.69, 9.17) is 0 Å². The molecule has 0 amide bonds. The van der Waals surface area contributed by atoms with E-state index in [0.29, 0.717) is 0 Å². The largest absolute Gasteiger partial charge is 0.368 e. The number of pyridine rings is 1. The molecule has 0 saturated carbocycles. The minimum absolute atomic E-state index is 1.11. The Hall–Kier alpha value is -1.09. The van der Waals surface area contributed by atoms with Gasteiger partial charge in [-0.2, -0.15) is 0 Å². The number of hydrogen-bond donors (Lipinski definition) is 0. The van der Waals surface area contributed by atoms with E-state index in [1.807, 2.05) is 18.5 Å². The van der Waals surface area contributed by atoms with Crippen molar-refractivity contribution in [2.24, 2.45) is 0 Å². The van der Waals surface area contributed by atoms with Gasteiger partial charge in [0.25, 0.3) is 0 Å². The fraction of sp³-hybridized carbons (Fsp3) is 0.615. The summed E-state index contributed by atoms with van der Waals surface area (Å²) in [6.45, 7) is 8.77. The monoisotopic (exact) mass is 221 g/mol. The zero-order valence-corrected chi connectivity index (χ0v) is 10.7. The SMILES string of the molecule is CCC.CN1CCN(c2cccnc2)CC1. The van der Waals surface area contributed by atoms with Crippen molar-refractivity contribution in [2.45, 2.75) is 20.3 Å². The predicted molar refractivity (Wildman–Crippen MR) is 69.9 cm³/mol. The third-order valence-electron chi connectivity index (χ3n) is 2.51. The van der Waals surface area contributed by atoms with Crippen molar-refractivity contribution in [1.82, 2.24) is 9.88 Å². The highest BCUT2D eigenvalue weighted by atomic mass is 15.2. The van der Waals surface area contributed by atoms with Gasteiger partial charge in [-0.15, -0.1) is 0 Å². The van der Waals surface area contributed by atoms with Crippen molar-refractivity contribution in [3.63, 3.8) is 0 Å². The van der Waals surface area contributed by atoms with Gasteiger partial charge < -0.3 is 9.80 Å². The summed E-state index contributed by atoms with van der Waals surface area (Å²) in [6.07, 6.45) is 5.00. The number of hydrogen-bond acceptors (Lipinski definition) is 3. The van der Waals surface area contributed by atoms with Gasteiger partial charge in [0.15, 0.2) is 0 Å². The van der Waals surface area contributed by atoms with Crippen LogP contribution in [0.4, 0.5) is 5.69 Å². The zero-order chi connectivity index (χ0) is 11.8. The molecule has 0 aliphatic carbocycles. The summed E-state index contributed by atoms with van der Waals surface area (Å²) in [6, 6.07) is 4.12. The maximum atomic E-state index is 4.12. The quantitative estimate of drug-likeness (QED) is 0.725. The molecule has 2 heterocycles. The van der Waals surface area contributed by atoms with E-state index in [-0.39, 0.29) is 0 Å². The lowest BCUT2D eigenvalue weighted by molar-refractivity contribution is 0.313. The summed E-state index contributed by atoms with van der Waals surface area (Å²) in [7, 11) is 2.17. The van der Waals surface area contributed by atoms with Crippen LogP contribution in [0.1, 0.15) is 20.3 Å². The molecule has 1 aliphatic rings. The van der Waals surface area contributed by atoms with Crippen molar-refractivity contribution < 1.29 is 0 Å². The highest BCUT2D eigenvalue weighted by Crippen LogP contribution is 2.13. The Morgan fingerprint density at radius 3 is 2.31 bits per heavy atom. The van der Waals surface area contributed by atoms with Crippen LogP contribution in [0.5, 0.6) is 0 Å². The average molecular weight is 221 g/mol. The maximum Gasteiger partial charge on any atom is 0.0553 e. The molecule has 0 aromatic carbocycles. The van der Waals surface area contributed by atoms with E-state index in [1.165, 1.54) is 12.1 Å². The van der Waals surface area contributed by atoms with Crippen molar-refractivity contribution in [3.8, 4) is 0 Å². The first-order chi connectivity index (χ1) is 7.77. The molecule has 3 heteroatoms. The molecule has 0 radical (unpaired) electrons. The number of anilines is 1. The van der Waals surface area contributed by atoms with E-state index >= 15 is 0 Å². The van der Waals surface area contributed by atoms with Crippen LogP contribution in [-0.4, -0.2) is 43.1 Å². The second kappa shape index (κ2) is 7.23. The molecule has 0 spiro atoms. The lowest BCUT2D eigenvalue weighted by Gasteiger charge is -2.33. The van der Waals surface area contributed by atoms with Gasteiger partial charge in [-0.05, 0) is 19.2 Å². The lowest BCUT2D eigenvalue weighted by atomic mass is 10.3. The third kappa shape index (κ3) is 4.19. The van der Waals surface area contributed by atoms with Gasteiger partial charge in [0.05, 0.1) is 11.9 Å². The summed E-state index contributed by atoms with van der Waals surface area (Å²) in [5.74, 6) is 0. The Labute approximate surface area is 99.1 Å². The van der Waals surface area contributed by atoms with Crippen LogP contribution < -0.4 is 4.90 Å². The maximum absolute atomic E-state index is 4.12. The number of nitrogens with zero attached hydrogens (tertiary/aromatic N) is 3. The predicted octanol–water partition coefficient (Wildman–Crippen LogP) is 2.25. The molecule has 1 aromatic heterocycles. The van der Waals surface area contributed by atoms with Crippen LogP contribution in [0.3, 0.4) is 0 Å². The first-order valence-corrected chi connectivity index (χ1v) is 6.11. The second-order valence-electron chi connectivity index (χ2n) is 4.21. The molecule has 0 unspecified atom stereocenters. The highest BCUT2D eigenvalue weighted by molar-refractivity contribution is 5.43. The molecule has 1 saturated heterocycles. The summed E-state index contributed by atoms with van der Waals surface area (Å²) < 4.78 is 0. The van der Waals surface area contributed by atoms with Gasteiger partial charge >= 0.3 is 0 Å². The number of likely N-dealkylation sites (N-methyl/N-ethyl adjacent to an activating group) is 1. The Bertz CT molecular complexity index is 266. The minimum atomic E-state index is 1.11. The van der Waals surface area contributed by atoms with Crippen LogP contribution in [-0.2, 0) is 0 Å². The second-order valence-corrected chi connectivity index (χ2v) is 4.21. The smallest absolute Gasteiger partial charge is 0.0553 e. The van der Waals surface area contributed by atoms with Gasteiger partial charge in [-0.25, -0.2) is 0 Å². The van der Waals surface area contributed by atoms with E-state index in [2.05, 4.69) is 41.7 Å². The topological polar surface area (TPSA) is 19.4 Å². The standard InChI is InChI=1S/C10H15N3.C3H8/c1-12-5-7-13(8-6-12)10-3-2-4-11-9-10;1-3-2/h2-4,9H,5-8H2,1H3;3H2,1-2H3. The molecule has 2 rings (SSSR count). The lowest BCUT2D eigenvalue weighted by Crippen LogP contribution is -2.44. The molecule has 16 heavy (non-hydrogen) atoms. The van der Waals surface area contributed by atoms with Gasteiger partial charge in [-0.1, -0.05) is 20.3 Å². The van der Waals surface area contributed by atoms with Crippen LogP contribution in [0, 0.1) is 0 Å². The molecule has 90 valence electrons. The minimum Gasteiger partial charge on any atom is -0.368 e. The molecular weight excluding hydrogens is 198 g/mol. The highest BCUT2D eigenvalue weighted by Gasteiger charge is 2.13. The first-order valence-electron chi connectivity index (χ1n) is 6.11. The van der Waals surface area contributed by atoms with E-state index in [0.717, 1.165) is 26.2 Å². The molecule has 1 aromatic rings. The Morgan fingerprint density at radius 1 is 1.19 bits per heavy atom. The van der Waals surface area contributed by atoms with Crippen LogP contribution in [0.2, 0.25) is 0 Å². The number of aromatic nitrogens is 1. The van der Waals surface area contributed by atoms with Gasteiger partial charge in [-0.3, -0.25) is 4.98 Å². The van der Waals surface area contributed by atoms with Crippen molar-refractivity contribution in [2.75, 3.05) is 38.1 Å². The Kier molecular flexibility index (Phi) is 5.86. The molecule has 1 aliphatic heterocycles. The number of rotatable bonds is 1. The summed E-state index contributed by atoms with van der Waals surface area (Å²) in [4.78, 5) is 8.86. The molecule has 1 fully saturated rings. The summed E-state index contributed by atoms with van der Waals surface area (Å²) >= 11 is 0. The van der Waals surface area contributed by atoms with E-state index < -0.39 is 0 Å². The molecule has 3 nitrogen and oxygen atoms in total. The average Bonchev–Trinajstić information content (AvgIpc) is 2.32. The van der Waals surface area contributed by atoms with Crippen LogP contribution in [0.15, 0.2) is 24.5 Å². The normalized spacial score (nSPS) is 16.6. The van der Waals surface area contributed by atoms with Crippen molar-refractivity contribution in [3.05, 3.63) is 24.5 Å². The number of piperazine rings is 1. The van der Waals surface area contributed by atoms with Gasteiger partial charge in [0.1, 0.15) is 0 Å². The van der Waals surface area contributed by atoms with Gasteiger partial charge in [0, 0.05) is 32.4 Å². The van der Waals surface area contributed by atoms with Crippen LogP contribution >= 0.6 is 0 Å². The third-order valence-corrected chi connectivity index (χ3v) is 2.51. The molecule has 0 bridgehead atoms. The fourth-order valence-corrected chi connectivity index (χ4v) is 1.61. The summed E-state index contributed by atoms with van der Waals surface area (Å²) in [5.41, 5.74) is 1.25. The Balaban J connectivity index is 0.000000386. The van der Waals surface area contributed by atoms with Crippen molar-refractivity contribution in [1.29, 1.82) is 0 Å². The molecule has 0 atom stereocenters. The summed E-state index contributed by atoms with van der Waals surface area (Å²) in [5, 5.41) is 0. The van der Waals surface area contributed by atoms with E-state index in [9.17, 15) is 0 Å². The first kappa shape index (κ1) is 13.0.